The Balaban J connectivity index is 1.25. The summed E-state index contributed by atoms with van der Waals surface area (Å²) >= 11 is 0. The van der Waals surface area contributed by atoms with Crippen LogP contribution in [-0.4, -0.2) is 66.6 Å². The van der Waals surface area contributed by atoms with E-state index in [2.05, 4.69) is 16.3 Å². The van der Waals surface area contributed by atoms with Crippen LogP contribution in [0.2, 0.25) is 0 Å². The number of piperidine rings is 1. The fourth-order valence-corrected chi connectivity index (χ4v) is 5.85. The molecule has 2 aromatic rings. The van der Waals surface area contributed by atoms with Crippen LogP contribution in [0, 0.1) is 6.92 Å². The molecule has 5 rings (SSSR count). The largest absolute Gasteiger partial charge is 0.444 e. The van der Waals surface area contributed by atoms with E-state index in [1.165, 1.54) is 22.5 Å². The van der Waals surface area contributed by atoms with E-state index in [1.54, 1.807) is 6.92 Å². The van der Waals surface area contributed by atoms with Gasteiger partial charge in [-0.3, -0.25) is 14.2 Å². The van der Waals surface area contributed by atoms with E-state index in [-0.39, 0.29) is 12.0 Å². The Morgan fingerprint density at radius 3 is 2.40 bits per heavy atom. The van der Waals surface area contributed by atoms with Crippen molar-refractivity contribution in [3.05, 3.63) is 34.4 Å². The summed E-state index contributed by atoms with van der Waals surface area (Å²) in [6, 6.07) is 0.659. The van der Waals surface area contributed by atoms with Gasteiger partial charge in [-0.1, -0.05) is 0 Å². The average Bonchev–Trinajstić information content (AvgIpc) is 3.38. The minimum absolute atomic E-state index is 0.134. The van der Waals surface area contributed by atoms with Gasteiger partial charge in [0.1, 0.15) is 5.60 Å². The number of hydrogen-bond acceptors (Lipinski definition) is 5. The molecule has 190 valence electrons. The highest BCUT2D eigenvalue weighted by Crippen LogP contribution is 2.35. The van der Waals surface area contributed by atoms with Crippen LogP contribution in [0.5, 0.6) is 0 Å². The molecule has 3 aliphatic rings. The zero-order valence-corrected chi connectivity index (χ0v) is 21.7. The Labute approximate surface area is 207 Å². The fourth-order valence-electron chi connectivity index (χ4n) is 5.85. The van der Waals surface area contributed by atoms with Crippen molar-refractivity contribution < 1.29 is 14.3 Å². The van der Waals surface area contributed by atoms with Gasteiger partial charge in [-0.05, 0) is 65.4 Å². The van der Waals surface area contributed by atoms with Crippen LogP contribution in [0.4, 0.5) is 4.79 Å². The topological polar surface area (TPSA) is 85.5 Å². The molecule has 1 aliphatic carbocycles. The van der Waals surface area contributed by atoms with Crippen molar-refractivity contribution in [1.82, 2.24) is 29.4 Å². The number of ether oxygens (including phenoxy) is 1. The molecule has 0 aromatic carbocycles. The number of likely N-dealkylation sites (tertiary alicyclic amines) is 1. The van der Waals surface area contributed by atoms with E-state index < -0.39 is 5.60 Å². The van der Waals surface area contributed by atoms with Crippen LogP contribution in [-0.2, 0) is 35.3 Å². The van der Waals surface area contributed by atoms with Gasteiger partial charge < -0.3 is 14.5 Å². The molecule has 0 spiro atoms. The molecule has 1 fully saturated rings. The predicted molar refractivity (Wildman–Crippen MR) is 131 cm³/mol. The lowest BCUT2D eigenvalue weighted by Gasteiger charge is -2.34. The second kappa shape index (κ2) is 8.99. The molecule has 2 aromatic heterocycles. The molecule has 0 saturated carbocycles. The van der Waals surface area contributed by atoms with E-state index in [1.807, 2.05) is 36.8 Å². The van der Waals surface area contributed by atoms with Crippen LogP contribution in [0.15, 0.2) is 6.20 Å². The van der Waals surface area contributed by atoms with Crippen molar-refractivity contribution in [2.45, 2.75) is 97.4 Å². The van der Waals surface area contributed by atoms with E-state index in [9.17, 15) is 9.59 Å². The molecule has 2 amide bonds. The van der Waals surface area contributed by atoms with Crippen molar-refractivity contribution >= 4 is 12.0 Å². The first kappa shape index (κ1) is 23.9. The Kier molecular flexibility index (Phi) is 6.13. The van der Waals surface area contributed by atoms with E-state index in [4.69, 9.17) is 14.9 Å². The van der Waals surface area contributed by atoms with Crippen LogP contribution < -0.4 is 0 Å². The molecule has 2 aliphatic heterocycles. The van der Waals surface area contributed by atoms with E-state index in [0.717, 1.165) is 50.8 Å². The molecular weight excluding hydrogens is 444 g/mol. The number of carbonyl (C=O) groups excluding carboxylic acids is 2. The van der Waals surface area contributed by atoms with Gasteiger partial charge in [-0.2, -0.15) is 10.2 Å². The van der Waals surface area contributed by atoms with Gasteiger partial charge in [0, 0.05) is 56.5 Å². The number of carbonyl (C=O) groups is 2. The van der Waals surface area contributed by atoms with Gasteiger partial charge in [0.2, 0.25) is 5.91 Å². The minimum atomic E-state index is -0.468. The highest BCUT2D eigenvalue weighted by molar-refractivity contribution is 5.73. The number of nitrogens with zero attached hydrogens (tertiary/aromatic N) is 6. The maximum atomic E-state index is 12.4. The number of amides is 2. The molecule has 4 heterocycles. The Hall–Kier alpha value is -2.84. The van der Waals surface area contributed by atoms with Crippen LogP contribution in [0.3, 0.4) is 0 Å². The first-order valence-corrected chi connectivity index (χ1v) is 13.0. The number of fused-ring (bicyclic) bond motifs is 2. The lowest BCUT2D eigenvalue weighted by atomic mass is 9.92. The van der Waals surface area contributed by atoms with Crippen LogP contribution in [0.25, 0.3) is 0 Å². The van der Waals surface area contributed by atoms with Gasteiger partial charge in [-0.25, -0.2) is 4.79 Å². The third-order valence-electron chi connectivity index (χ3n) is 7.70. The predicted octanol–water partition coefficient (Wildman–Crippen LogP) is 3.59. The van der Waals surface area contributed by atoms with Gasteiger partial charge in [-0.15, -0.1) is 0 Å². The number of hydrogen-bond donors (Lipinski definition) is 0. The van der Waals surface area contributed by atoms with Crippen molar-refractivity contribution in [1.29, 1.82) is 0 Å². The second-order valence-electron chi connectivity index (χ2n) is 11.3. The molecule has 35 heavy (non-hydrogen) atoms. The summed E-state index contributed by atoms with van der Waals surface area (Å²) in [6.07, 6.45) is 7.46. The summed E-state index contributed by atoms with van der Waals surface area (Å²) in [7, 11) is 0. The Bertz CT molecular complexity index is 1120. The third-order valence-corrected chi connectivity index (χ3v) is 7.70. The Morgan fingerprint density at radius 2 is 1.71 bits per heavy atom. The summed E-state index contributed by atoms with van der Waals surface area (Å²) in [5, 5.41) is 9.74. The Morgan fingerprint density at radius 1 is 0.971 bits per heavy atom. The molecule has 0 bridgehead atoms. The number of aryl methyl sites for hydroxylation is 1. The first-order valence-electron chi connectivity index (χ1n) is 13.0. The number of aromatic nitrogens is 4. The molecule has 1 unspecified atom stereocenters. The van der Waals surface area contributed by atoms with Crippen molar-refractivity contribution in [3.63, 3.8) is 0 Å². The standard InChI is InChI=1S/C26H38N6O3/c1-17-22-16-30(18(2)33)13-10-24(22)32(28-17)21-6-7-23-19(14-21)15-27-31(23)20-8-11-29(12-9-20)25(34)35-26(3,4)5/h15,20-21H,6-14,16H2,1-5H3. The zero-order valence-electron chi connectivity index (χ0n) is 21.7. The lowest BCUT2D eigenvalue weighted by Crippen LogP contribution is -2.42. The van der Waals surface area contributed by atoms with E-state index >= 15 is 0 Å². The summed E-state index contributed by atoms with van der Waals surface area (Å²) < 4.78 is 10.0. The van der Waals surface area contributed by atoms with Crippen molar-refractivity contribution in [2.75, 3.05) is 19.6 Å². The van der Waals surface area contributed by atoms with Crippen molar-refractivity contribution in [3.8, 4) is 0 Å². The molecule has 0 radical (unpaired) electrons. The highest BCUT2D eigenvalue weighted by atomic mass is 16.6. The summed E-state index contributed by atoms with van der Waals surface area (Å²) in [6.45, 7) is 12.3. The fraction of sp³-hybridized carbons (Fsp3) is 0.692. The highest BCUT2D eigenvalue weighted by Gasteiger charge is 2.33. The SMILES string of the molecule is CC(=O)N1CCc2c(c(C)nn2C2CCc3c(cnn3C3CCN(C(=O)OC(C)(C)C)CC3)C2)C1. The van der Waals surface area contributed by atoms with Crippen molar-refractivity contribution in [2.24, 2.45) is 0 Å². The molecule has 9 heteroatoms. The summed E-state index contributed by atoms with van der Waals surface area (Å²) in [5.74, 6) is 0.134. The zero-order chi connectivity index (χ0) is 24.9. The summed E-state index contributed by atoms with van der Waals surface area (Å²) in [4.78, 5) is 28.0. The second-order valence-corrected chi connectivity index (χ2v) is 11.3. The maximum Gasteiger partial charge on any atom is 0.410 e. The van der Waals surface area contributed by atoms with Gasteiger partial charge in [0.05, 0.1) is 24.0 Å². The van der Waals surface area contributed by atoms with Gasteiger partial charge in [0.15, 0.2) is 0 Å². The molecule has 9 nitrogen and oxygen atoms in total. The summed E-state index contributed by atoms with van der Waals surface area (Å²) in [5.41, 5.74) is 5.77. The monoisotopic (exact) mass is 482 g/mol. The number of rotatable bonds is 2. The van der Waals surface area contributed by atoms with Crippen LogP contribution in [0.1, 0.15) is 87.2 Å². The normalized spacial score (nSPS) is 21.0. The minimum Gasteiger partial charge on any atom is -0.444 e. The maximum absolute atomic E-state index is 12.4. The van der Waals surface area contributed by atoms with E-state index in [0.29, 0.717) is 31.7 Å². The quantitative estimate of drug-likeness (QED) is 0.653. The van der Waals surface area contributed by atoms with Crippen LogP contribution >= 0.6 is 0 Å². The molecular formula is C26H38N6O3. The molecule has 0 N–H and O–H groups in total. The van der Waals surface area contributed by atoms with Gasteiger partial charge >= 0.3 is 6.09 Å². The van der Waals surface area contributed by atoms with Gasteiger partial charge in [0.25, 0.3) is 0 Å². The lowest BCUT2D eigenvalue weighted by molar-refractivity contribution is -0.129. The molecule has 1 saturated heterocycles. The molecule has 1 atom stereocenters. The first-order chi connectivity index (χ1) is 16.6. The average molecular weight is 483 g/mol. The smallest absolute Gasteiger partial charge is 0.410 e. The third kappa shape index (κ3) is 4.69.